The van der Waals surface area contributed by atoms with Gasteiger partial charge in [-0.05, 0) is 22.9 Å². The summed E-state index contributed by atoms with van der Waals surface area (Å²) in [7, 11) is 0. The highest BCUT2D eigenvalue weighted by Gasteiger charge is 2.04. The van der Waals surface area contributed by atoms with Crippen molar-refractivity contribution < 1.29 is 4.74 Å². The van der Waals surface area contributed by atoms with Gasteiger partial charge in [-0.25, -0.2) is 0 Å². The minimum absolute atomic E-state index is 0.541. The number of nitrogens with zero attached hydrogens (tertiary/aromatic N) is 2. The number of hydrogen-bond acceptors (Lipinski definition) is 4. The summed E-state index contributed by atoms with van der Waals surface area (Å²) < 4.78 is 6.13. The smallest absolute Gasteiger partial charge is 0.281 e. The van der Waals surface area contributed by atoms with Crippen molar-refractivity contribution in [3.05, 3.63) is 21.7 Å². The average Bonchev–Trinajstić information content (AvgIpc) is 2.62. The second kappa shape index (κ2) is 3.47. The fourth-order valence-corrected chi connectivity index (χ4v) is 1.91. The van der Waals surface area contributed by atoms with E-state index in [1.165, 1.54) is 11.3 Å². The third-order valence-electron chi connectivity index (χ3n) is 1.33. The molecule has 2 heterocycles. The highest BCUT2D eigenvalue weighted by atomic mass is 79.9. The minimum atomic E-state index is 0.541. The van der Waals surface area contributed by atoms with Gasteiger partial charge in [0.2, 0.25) is 5.88 Å². The molecule has 13 heavy (non-hydrogen) atoms. The molecule has 4 nitrogen and oxygen atoms in total. The summed E-state index contributed by atoms with van der Waals surface area (Å²) in [6.45, 7) is 1.91. The van der Waals surface area contributed by atoms with Crippen LogP contribution in [-0.2, 0) is 0 Å². The Hall–Kier alpha value is -0.880. The van der Waals surface area contributed by atoms with E-state index in [-0.39, 0.29) is 0 Å². The maximum atomic E-state index is 5.36. The Labute approximate surface area is 87.1 Å². The van der Waals surface area contributed by atoms with Crippen LogP contribution in [0.15, 0.2) is 16.0 Å². The third kappa shape index (κ3) is 2.07. The van der Waals surface area contributed by atoms with Gasteiger partial charge in [0.25, 0.3) is 5.19 Å². The normalized spacial score (nSPS) is 10.3. The first-order valence-electron chi connectivity index (χ1n) is 3.55. The van der Waals surface area contributed by atoms with Crippen molar-refractivity contribution in [2.45, 2.75) is 6.92 Å². The van der Waals surface area contributed by atoms with Gasteiger partial charge in [-0.2, -0.15) is 4.98 Å². The standard InChI is InChI=1S/C7H6BrN3OS/c1-4-2-6(11-10-4)12-7-9-5(8)3-13-7/h2-3H,1H3,(H,10,11). The first kappa shape index (κ1) is 8.71. The lowest BCUT2D eigenvalue weighted by atomic mass is 10.5. The van der Waals surface area contributed by atoms with Gasteiger partial charge in [0.15, 0.2) is 0 Å². The van der Waals surface area contributed by atoms with Crippen LogP contribution < -0.4 is 4.74 Å². The van der Waals surface area contributed by atoms with Gasteiger partial charge in [-0.1, -0.05) is 11.3 Å². The van der Waals surface area contributed by atoms with E-state index < -0.39 is 0 Å². The second-order valence-corrected chi connectivity index (χ2v) is 4.06. The van der Waals surface area contributed by atoms with E-state index >= 15 is 0 Å². The van der Waals surface area contributed by atoms with Gasteiger partial charge in [0.05, 0.1) is 0 Å². The largest absolute Gasteiger partial charge is 0.410 e. The topological polar surface area (TPSA) is 50.8 Å². The van der Waals surface area contributed by atoms with E-state index in [0.29, 0.717) is 11.1 Å². The number of aromatic amines is 1. The molecule has 0 aromatic carbocycles. The molecule has 0 aliphatic heterocycles. The molecule has 0 bridgehead atoms. The number of thiazole rings is 1. The monoisotopic (exact) mass is 259 g/mol. The summed E-state index contributed by atoms with van der Waals surface area (Å²) in [5.74, 6) is 0.541. The van der Waals surface area contributed by atoms with Gasteiger partial charge in [0.1, 0.15) is 4.60 Å². The van der Waals surface area contributed by atoms with Gasteiger partial charge < -0.3 is 4.74 Å². The fraction of sp³-hybridized carbons (Fsp3) is 0.143. The second-order valence-electron chi connectivity index (χ2n) is 2.43. The van der Waals surface area contributed by atoms with E-state index in [2.05, 4.69) is 31.1 Å². The molecule has 2 rings (SSSR count). The van der Waals surface area contributed by atoms with Crippen LogP contribution in [0.5, 0.6) is 11.1 Å². The maximum absolute atomic E-state index is 5.36. The molecular weight excluding hydrogens is 254 g/mol. The molecule has 6 heteroatoms. The lowest BCUT2D eigenvalue weighted by Gasteiger charge is -1.92. The van der Waals surface area contributed by atoms with Crippen molar-refractivity contribution in [2.24, 2.45) is 0 Å². The highest BCUT2D eigenvalue weighted by Crippen LogP contribution is 2.26. The lowest BCUT2D eigenvalue weighted by molar-refractivity contribution is 0.457. The molecule has 0 amide bonds. The first-order chi connectivity index (χ1) is 6.24. The molecule has 0 aliphatic carbocycles. The van der Waals surface area contributed by atoms with Crippen LogP contribution in [0, 0.1) is 6.92 Å². The van der Waals surface area contributed by atoms with Crippen molar-refractivity contribution in [1.29, 1.82) is 0 Å². The fourth-order valence-electron chi connectivity index (χ4n) is 0.821. The summed E-state index contributed by atoms with van der Waals surface area (Å²) in [4.78, 5) is 4.07. The molecule has 0 radical (unpaired) electrons. The van der Waals surface area contributed by atoms with Crippen molar-refractivity contribution in [1.82, 2.24) is 15.2 Å². The van der Waals surface area contributed by atoms with E-state index in [0.717, 1.165) is 10.3 Å². The number of hydrogen-bond donors (Lipinski definition) is 1. The Morgan fingerprint density at radius 2 is 2.46 bits per heavy atom. The van der Waals surface area contributed by atoms with Crippen molar-refractivity contribution in [3.8, 4) is 11.1 Å². The Bertz CT molecular complexity index is 373. The number of H-pyrrole nitrogens is 1. The first-order valence-corrected chi connectivity index (χ1v) is 5.22. The zero-order chi connectivity index (χ0) is 9.26. The number of nitrogens with one attached hydrogen (secondary N) is 1. The number of aromatic nitrogens is 3. The SMILES string of the molecule is Cc1cc(Oc2nc(Br)cs2)n[nH]1. The molecule has 68 valence electrons. The van der Waals surface area contributed by atoms with E-state index in [4.69, 9.17) is 4.74 Å². The van der Waals surface area contributed by atoms with E-state index in [1.54, 1.807) is 0 Å². The molecule has 0 saturated heterocycles. The predicted octanol–water partition coefficient (Wildman–Crippen LogP) is 2.73. The van der Waals surface area contributed by atoms with E-state index in [1.807, 2.05) is 18.4 Å². The molecule has 0 spiro atoms. The zero-order valence-electron chi connectivity index (χ0n) is 6.74. The van der Waals surface area contributed by atoms with Crippen LogP contribution >= 0.6 is 27.3 Å². The van der Waals surface area contributed by atoms with Crippen molar-refractivity contribution in [2.75, 3.05) is 0 Å². The van der Waals surface area contributed by atoms with Crippen molar-refractivity contribution in [3.63, 3.8) is 0 Å². The Balaban J connectivity index is 2.14. The summed E-state index contributed by atoms with van der Waals surface area (Å²) in [5, 5.41) is 9.15. The van der Waals surface area contributed by atoms with Crippen LogP contribution in [0.4, 0.5) is 0 Å². The Kier molecular flexibility index (Phi) is 2.32. The Morgan fingerprint density at radius 3 is 3.00 bits per heavy atom. The van der Waals surface area contributed by atoms with Gasteiger partial charge in [-0.3, -0.25) is 5.10 Å². The molecule has 2 aromatic rings. The Morgan fingerprint density at radius 1 is 1.62 bits per heavy atom. The predicted molar refractivity (Wildman–Crippen MR) is 53.2 cm³/mol. The molecular formula is C7H6BrN3OS. The van der Waals surface area contributed by atoms with Crippen LogP contribution in [0.25, 0.3) is 0 Å². The molecule has 2 aromatic heterocycles. The van der Waals surface area contributed by atoms with Crippen LogP contribution in [0.3, 0.4) is 0 Å². The number of aryl methyl sites for hydroxylation is 1. The zero-order valence-corrected chi connectivity index (χ0v) is 9.15. The highest BCUT2D eigenvalue weighted by molar-refractivity contribution is 9.10. The summed E-state index contributed by atoms with van der Waals surface area (Å²) in [5.41, 5.74) is 0.964. The van der Waals surface area contributed by atoms with Gasteiger partial charge in [-0.15, -0.1) is 5.10 Å². The van der Waals surface area contributed by atoms with Gasteiger partial charge in [0, 0.05) is 17.1 Å². The van der Waals surface area contributed by atoms with Crippen molar-refractivity contribution >= 4 is 27.3 Å². The maximum Gasteiger partial charge on any atom is 0.281 e. The summed E-state index contributed by atoms with van der Waals surface area (Å²) in [6, 6.07) is 1.81. The lowest BCUT2D eigenvalue weighted by Crippen LogP contribution is -1.82. The third-order valence-corrected chi connectivity index (χ3v) is 2.76. The quantitative estimate of drug-likeness (QED) is 0.903. The molecule has 1 N–H and O–H groups in total. The number of rotatable bonds is 2. The minimum Gasteiger partial charge on any atom is -0.410 e. The molecule has 0 atom stereocenters. The van der Waals surface area contributed by atoms with E-state index in [9.17, 15) is 0 Å². The summed E-state index contributed by atoms with van der Waals surface area (Å²) in [6.07, 6.45) is 0. The van der Waals surface area contributed by atoms with Crippen LogP contribution in [0.1, 0.15) is 5.69 Å². The molecule has 0 unspecified atom stereocenters. The average molecular weight is 260 g/mol. The van der Waals surface area contributed by atoms with Crippen LogP contribution in [-0.4, -0.2) is 15.2 Å². The number of ether oxygens (including phenoxy) is 1. The molecule has 0 saturated carbocycles. The molecule has 0 fully saturated rings. The van der Waals surface area contributed by atoms with Gasteiger partial charge >= 0.3 is 0 Å². The van der Waals surface area contributed by atoms with Crippen LogP contribution in [0.2, 0.25) is 0 Å². The number of halogens is 1. The summed E-state index contributed by atoms with van der Waals surface area (Å²) >= 11 is 4.66. The molecule has 0 aliphatic rings.